The number of nitrogens with zero attached hydrogens (tertiary/aromatic N) is 2. The van der Waals surface area contributed by atoms with E-state index in [4.69, 9.17) is 26.3 Å². The van der Waals surface area contributed by atoms with Gasteiger partial charge in [0.25, 0.3) is 5.91 Å². The van der Waals surface area contributed by atoms with E-state index in [1.165, 1.54) is 6.21 Å². The van der Waals surface area contributed by atoms with Crippen LogP contribution in [0.1, 0.15) is 24.5 Å². The summed E-state index contributed by atoms with van der Waals surface area (Å²) in [5.74, 6) is 0.678. The van der Waals surface area contributed by atoms with Gasteiger partial charge in [-0.25, -0.2) is 5.43 Å². The van der Waals surface area contributed by atoms with Gasteiger partial charge in [-0.05, 0) is 36.8 Å². The number of nitrogens with one attached hydrogen (secondary N) is 1. The van der Waals surface area contributed by atoms with E-state index in [2.05, 4.69) is 10.5 Å². The number of carbonyl (C=O) groups excluding carboxylic acids is 1. The molecule has 26 heavy (non-hydrogen) atoms. The highest BCUT2D eigenvalue weighted by molar-refractivity contribution is 6.31. The maximum Gasteiger partial charge on any atom is 0.254 e. The van der Waals surface area contributed by atoms with Gasteiger partial charge in [-0.15, -0.1) is 0 Å². The van der Waals surface area contributed by atoms with Crippen molar-refractivity contribution in [3.05, 3.63) is 58.6 Å². The van der Waals surface area contributed by atoms with E-state index in [0.29, 0.717) is 29.7 Å². The van der Waals surface area contributed by atoms with Crippen molar-refractivity contribution in [3.63, 3.8) is 0 Å². The first-order chi connectivity index (χ1) is 12.6. The van der Waals surface area contributed by atoms with E-state index in [9.17, 15) is 4.79 Å². The lowest BCUT2D eigenvalue weighted by atomic mass is 10.2. The molecule has 0 saturated carbocycles. The van der Waals surface area contributed by atoms with Gasteiger partial charge in [-0.1, -0.05) is 29.8 Å². The summed E-state index contributed by atoms with van der Waals surface area (Å²) in [4.78, 5) is 11.2. The molecule has 0 spiro atoms. The number of hydrazone groups is 1. The Bertz CT molecular complexity index is 831. The lowest BCUT2D eigenvalue weighted by molar-refractivity contribution is -0.120. The molecule has 0 saturated heterocycles. The van der Waals surface area contributed by atoms with Crippen molar-refractivity contribution in [1.82, 2.24) is 5.43 Å². The van der Waals surface area contributed by atoms with Crippen molar-refractivity contribution in [3.8, 4) is 17.6 Å². The van der Waals surface area contributed by atoms with Crippen molar-refractivity contribution in [2.45, 2.75) is 20.0 Å². The van der Waals surface area contributed by atoms with Crippen molar-refractivity contribution < 1.29 is 14.3 Å². The van der Waals surface area contributed by atoms with Crippen LogP contribution in [-0.2, 0) is 11.4 Å². The van der Waals surface area contributed by atoms with Gasteiger partial charge in [0.15, 0.2) is 11.5 Å². The van der Waals surface area contributed by atoms with Gasteiger partial charge in [-0.2, -0.15) is 10.4 Å². The Hall–Kier alpha value is -3.04. The molecular formula is C19H18ClN3O3. The lowest BCUT2D eigenvalue weighted by Crippen LogP contribution is -2.16. The number of rotatable bonds is 8. The van der Waals surface area contributed by atoms with Crippen LogP contribution in [0.2, 0.25) is 5.02 Å². The van der Waals surface area contributed by atoms with E-state index in [1.54, 1.807) is 24.3 Å². The standard InChI is InChI=1S/C19H18ClN3O3/c1-2-25-18-11-14(12-22-23-19(24)9-10-21)7-8-17(18)26-13-15-5-3-4-6-16(15)20/h3-8,11-12H,2,9,13H2,1H3,(H,23,24)/b22-12-. The fraction of sp³-hybridized carbons (Fsp3) is 0.211. The third-order valence-corrected chi connectivity index (χ3v) is 3.62. The number of carbonyl (C=O) groups is 1. The Kier molecular flexibility index (Phi) is 7.47. The second kappa shape index (κ2) is 10.1. The molecule has 7 heteroatoms. The van der Waals surface area contributed by atoms with Gasteiger partial charge in [-0.3, -0.25) is 4.79 Å². The molecular weight excluding hydrogens is 354 g/mol. The van der Waals surface area contributed by atoms with Crippen LogP contribution in [0.25, 0.3) is 0 Å². The first-order valence-corrected chi connectivity index (χ1v) is 8.33. The molecule has 0 aliphatic rings. The molecule has 0 atom stereocenters. The third kappa shape index (κ3) is 5.80. The monoisotopic (exact) mass is 371 g/mol. The van der Waals surface area contributed by atoms with Gasteiger partial charge < -0.3 is 9.47 Å². The number of amides is 1. The molecule has 2 aromatic rings. The lowest BCUT2D eigenvalue weighted by Gasteiger charge is -2.13. The van der Waals surface area contributed by atoms with Crippen molar-refractivity contribution in [1.29, 1.82) is 5.26 Å². The topological polar surface area (TPSA) is 83.7 Å². The Morgan fingerprint density at radius 2 is 2.08 bits per heavy atom. The molecule has 134 valence electrons. The summed E-state index contributed by atoms with van der Waals surface area (Å²) >= 11 is 6.14. The highest BCUT2D eigenvalue weighted by Gasteiger charge is 2.08. The predicted octanol–water partition coefficient (Wildman–Crippen LogP) is 3.68. The van der Waals surface area contributed by atoms with Gasteiger partial charge in [0.05, 0.1) is 18.9 Å². The maximum absolute atomic E-state index is 11.2. The van der Waals surface area contributed by atoms with Gasteiger partial charge >= 0.3 is 0 Å². The Morgan fingerprint density at radius 3 is 2.81 bits per heavy atom. The van der Waals surface area contributed by atoms with Gasteiger partial charge in [0.2, 0.25) is 0 Å². The maximum atomic E-state index is 11.2. The largest absolute Gasteiger partial charge is 0.490 e. The number of hydrogen-bond acceptors (Lipinski definition) is 5. The summed E-state index contributed by atoms with van der Waals surface area (Å²) in [5.41, 5.74) is 3.87. The molecule has 0 aromatic heterocycles. The van der Waals surface area contributed by atoms with E-state index >= 15 is 0 Å². The van der Waals surface area contributed by atoms with Crippen LogP contribution >= 0.6 is 11.6 Å². The van der Waals surface area contributed by atoms with Gasteiger partial charge in [0, 0.05) is 10.6 Å². The van der Waals surface area contributed by atoms with Crippen LogP contribution in [0, 0.1) is 11.3 Å². The van der Waals surface area contributed by atoms with Crippen LogP contribution < -0.4 is 14.9 Å². The van der Waals surface area contributed by atoms with Crippen LogP contribution in [0.5, 0.6) is 11.5 Å². The van der Waals surface area contributed by atoms with Crippen molar-refractivity contribution in [2.24, 2.45) is 5.10 Å². The van der Waals surface area contributed by atoms with E-state index in [0.717, 1.165) is 11.1 Å². The zero-order chi connectivity index (χ0) is 18.8. The summed E-state index contributed by atoms with van der Waals surface area (Å²) in [7, 11) is 0. The highest BCUT2D eigenvalue weighted by atomic mass is 35.5. The predicted molar refractivity (Wildman–Crippen MR) is 99.4 cm³/mol. The molecule has 2 aromatic carbocycles. The molecule has 6 nitrogen and oxygen atoms in total. The summed E-state index contributed by atoms with van der Waals surface area (Å²) < 4.78 is 11.4. The summed E-state index contributed by atoms with van der Waals surface area (Å²) in [6.07, 6.45) is 1.23. The first-order valence-electron chi connectivity index (χ1n) is 7.96. The number of halogens is 1. The molecule has 0 fully saturated rings. The SMILES string of the molecule is CCOc1cc(/C=N\NC(=O)CC#N)ccc1OCc1ccccc1Cl. The fourth-order valence-corrected chi connectivity index (χ4v) is 2.24. The molecule has 0 radical (unpaired) electrons. The Labute approximate surface area is 157 Å². The summed E-state index contributed by atoms with van der Waals surface area (Å²) in [6.45, 7) is 2.67. The van der Waals surface area contributed by atoms with Crippen LogP contribution in [0.3, 0.4) is 0 Å². The molecule has 2 rings (SSSR count). The van der Waals surface area contributed by atoms with Gasteiger partial charge in [0.1, 0.15) is 13.0 Å². The quantitative estimate of drug-likeness (QED) is 0.566. The fourth-order valence-electron chi connectivity index (χ4n) is 2.05. The molecule has 0 bridgehead atoms. The minimum Gasteiger partial charge on any atom is -0.490 e. The third-order valence-electron chi connectivity index (χ3n) is 3.25. The molecule has 1 N–H and O–H groups in total. The first kappa shape index (κ1) is 19.3. The van der Waals surface area contributed by atoms with Crippen LogP contribution in [0.15, 0.2) is 47.6 Å². The second-order valence-corrected chi connectivity index (χ2v) is 5.55. The number of hydrogen-bond donors (Lipinski definition) is 1. The number of ether oxygens (including phenoxy) is 2. The molecule has 0 heterocycles. The summed E-state index contributed by atoms with van der Waals surface area (Å²) in [5, 5.41) is 12.9. The van der Waals surface area contributed by atoms with Crippen LogP contribution in [0.4, 0.5) is 0 Å². The van der Waals surface area contributed by atoms with E-state index < -0.39 is 5.91 Å². The van der Waals surface area contributed by atoms with E-state index in [1.807, 2.05) is 31.2 Å². The van der Waals surface area contributed by atoms with Crippen LogP contribution in [-0.4, -0.2) is 18.7 Å². The molecule has 0 unspecified atom stereocenters. The number of nitriles is 1. The smallest absolute Gasteiger partial charge is 0.254 e. The van der Waals surface area contributed by atoms with Crippen molar-refractivity contribution >= 4 is 23.7 Å². The second-order valence-electron chi connectivity index (χ2n) is 5.15. The summed E-state index contributed by atoms with van der Waals surface area (Å²) in [6, 6.07) is 14.5. The molecule has 1 amide bonds. The minimum atomic E-state index is -0.464. The zero-order valence-electron chi connectivity index (χ0n) is 14.2. The zero-order valence-corrected chi connectivity index (χ0v) is 15.0. The normalized spacial score (nSPS) is 10.3. The average molecular weight is 372 g/mol. The average Bonchev–Trinajstić information content (AvgIpc) is 2.63. The minimum absolute atomic E-state index is 0.240. The molecule has 0 aliphatic heterocycles. The van der Waals surface area contributed by atoms with Crippen molar-refractivity contribution in [2.75, 3.05) is 6.61 Å². The van der Waals surface area contributed by atoms with E-state index in [-0.39, 0.29) is 6.42 Å². The number of benzene rings is 2. The Morgan fingerprint density at radius 1 is 1.27 bits per heavy atom. The highest BCUT2D eigenvalue weighted by Crippen LogP contribution is 2.29. The Balaban J connectivity index is 2.08. The molecule has 0 aliphatic carbocycles.